The molecule has 104 valence electrons. The number of hydrogen-bond acceptors (Lipinski definition) is 5. The molecule has 1 aromatic heterocycles. The van der Waals surface area contributed by atoms with Crippen LogP contribution in [0.1, 0.15) is 36.6 Å². The fraction of sp³-hybridized carbons (Fsp3) is 0.615. The average molecular weight is 263 g/mol. The molecule has 6 heteroatoms. The van der Waals surface area contributed by atoms with Crippen LogP contribution < -0.4 is 10.6 Å². The van der Waals surface area contributed by atoms with Gasteiger partial charge < -0.3 is 15.8 Å². The number of oxime groups is 1. The van der Waals surface area contributed by atoms with Gasteiger partial charge in [0.2, 0.25) is 0 Å². The van der Waals surface area contributed by atoms with E-state index in [0.29, 0.717) is 23.3 Å². The highest BCUT2D eigenvalue weighted by molar-refractivity contribution is 6.02. The zero-order valence-electron chi connectivity index (χ0n) is 11.9. The van der Waals surface area contributed by atoms with Crippen molar-refractivity contribution in [1.29, 1.82) is 0 Å². The lowest BCUT2D eigenvalue weighted by Gasteiger charge is -2.28. The van der Waals surface area contributed by atoms with E-state index in [9.17, 15) is 0 Å². The quantitative estimate of drug-likeness (QED) is 0.371. The van der Waals surface area contributed by atoms with Crippen LogP contribution in [-0.2, 0) is 0 Å². The fourth-order valence-corrected chi connectivity index (χ4v) is 2.29. The first-order valence-corrected chi connectivity index (χ1v) is 6.52. The van der Waals surface area contributed by atoms with E-state index < -0.39 is 0 Å². The third-order valence-corrected chi connectivity index (χ3v) is 4.05. The van der Waals surface area contributed by atoms with Crippen molar-refractivity contribution in [3.05, 3.63) is 16.8 Å². The Balaban J connectivity index is 2.46. The number of nitrogens with zero attached hydrogens (tertiary/aromatic N) is 4. The second kappa shape index (κ2) is 5.03. The third kappa shape index (κ3) is 2.47. The van der Waals surface area contributed by atoms with E-state index in [1.807, 2.05) is 20.9 Å². The molecule has 0 saturated heterocycles. The van der Waals surface area contributed by atoms with Crippen LogP contribution in [-0.4, -0.2) is 34.3 Å². The lowest BCUT2D eigenvalue weighted by Crippen LogP contribution is -2.34. The molecule has 0 spiro atoms. The van der Waals surface area contributed by atoms with Crippen molar-refractivity contribution in [3.8, 4) is 0 Å². The number of nitrogens with two attached hydrogens (primary N) is 1. The van der Waals surface area contributed by atoms with E-state index in [0.717, 1.165) is 11.3 Å². The van der Waals surface area contributed by atoms with Gasteiger partial charge in [-0.05, 0) is 45.1 Å². The van der Waals surface area contributed by atoms with Crippen LogP contribution in [0.25, 0.3) is 0 Å². The highest BCUT2D eigenvalue weighted by atomic mass is 16.4. The summed E-state index contributed by atoms with van der Waals surface area (Å²) in [5, 5.41) is 20.5. The van der Waals surface area contributed by atoms with Crippen molar-refractivity contribution in [3.63, 3.8) is 0 Å². The van der Waals surface area contributed by atoms with Gasteiger partial charge >= 0.3 is 0 Å². The minimum atomic E-state index is 0.0837. The van der Waals surface area contributed by atoms with Gasteiger partial charge in [0.25, 0.3) is 0 Å². The SMILES string of the molecule is Cc1nnc(N(C)C(C)C2CC2)c(C(N)=NO)c1C. The van der Waals surface area contributed by atoms with Gasteiger partial charge in [-0.1, -0.05) is 5.16 Å². The second-order valence-electron chi connectivity index (χ2n) is 5.28. The summed E-state index contributed by atoms with van der Waals surface area (Å²) in [6.45, 7) is 5.95. The molecule has 19 heavy (non-hydrogen) atoms. The molecule has 1 aliphatic carbocycles. The van der Waals surface area contributed by atoms with E-state index in [1.54, 1.807) is 0 Å². The molecule has 6 nitrogen and oxygen atoms in total. The highest BCUT2D eigenvalue weighted by Gasteiger charge is 2.32. The van der Waals surface area contributed by atoms with Gasteiger partial charge in [-0.3, -0.25) is 0 Å². The van der Waals surface area contributed by atoms with Crippen LogP contribution in [0.4, 0.5) is 5.82 Å². The van der Waals surface area contributed by atoms with Crippen molar-refractivity contribution in [2.24, 2.45) is 16.8 Å². The molecule has 0 amide bonds. The Morgan fingerprint density at radius 2 is 2.05 bits per heavy atom. The van der Waals surface area contributed by atoms with E-state index in [4.69, 9.17) is 10.9 Å². The maximum atomic E-state index is 8.97. The number of aryl methyl sites for hydroxylation is 1. The fourth-order valence-electron chi connectivity index (χ4n) is 2.29. The Morgan fingerprint density at radius 1 is 1.42 bits per heavy atom. The predicted molar refractivity (Wildman–Crippen MR) is 74.6 cm³/mol. The Hall–Kier alpha value is -1.85. The Labute approximate surface area is 113 Å². The lowest BCUT2D eigenvalue weighted by molar-refractivity contribution is 0.318. The van der Waals surface area contributed by atoms with Crippen molar-refractivity contribution in [2.45, 2.75) is 39.7 Å². The van der Waals surface area contributed by atoms with Crippen LogP contribution in [0, 0.1) is 19.8 Å². The number of aromatic nitrogens is 2. The maximum Gasteiger partial charge on any atom is 0.174 e. The summed E-state index contributed by atoms with van der Waals surface area (Å²) < 4.78 is 0. The third-order valence-electron chi connectivity index (χ3n) is 4.05. The lowest BCUT2D eigenvalue weighted by atomic mass is 10.1. The van der Waals surface area contributed by atoms with Gasteiger partial charge in [0.1, 0.15) is 0 Å². The first kappa shape index (κ1) is 13.6. The van der Waals surface area contributed by atoms with Gasteiger partial charge in [-0.25, -0.2) is 0 Å². The van der Waals surface area contributed by atoms with Crippen LogP contribution in [0.2, 0.25) is 0 Å². The highest BCUT2D eigenvalue weighted by Crippen LogP contribution is 2.36. The summed E-state index contributed by atoms with van der Waals surface area (Å²) >= 11 is 0. The second-order valence-corrected chi connectivity index (χ2v) is 5.28. The molecule has 2 rings (SSSR count). The van der Waals surface area contributed by atoms with Gasteiger partial charge in [0, 0.05) is 13.1 Å². The normalized spacial score (nSPS) is 17.4. The van der Waals surface area contributed by atoms with Crippen molar-refractivity contribution in [1.82, 2.24) is 10.2 Å². The van der Waals surface area contributed by atoms with E-state index in [2.05, 4.69) is 27.2 Å². The smallest absolute Gasteiger partial charge is 0.174 e. The molecule has 1 aliphatic rings. The maximum absolute atomic E-state index is 8.97. The zero-order chi connectivity index (χ0) is 14.2. The van der Waals surface area contributed by atoms with Crippen LogP contribution in [0.3, 0.4) is 0 Å². The van der Waals surface area contributed by atoms with Crippen LogP contribution >= 0.6 is 0 Å². The standard InChI is InChI=1S/C13H21N5O/c1-7-8(2)15-16-13(11(7)12(14)17-19)18(4)9(3)10-5-6-10/h9-10,19H,5-6H2,1-4H3,(H2,14,17). The molecule has 1 heterocycles. The average Bonchev–Trinajstić information content (AvgIpc) is 3.23. The van der Waals surface area contributed by atoms with Gasteiger partial charge in [0.15, 0.2) is 11.7 Å². The predicted octanol–water partition coefficient (Wildman–Crippen LogP) is 1.42. The zero-order valence-corrected chi connectivity index (χ0v) is 11.9. The van der Waals surface area contributed by atoms with Gasteiger partial charge in [0.05, 0.1) is 11.3 Å². The monoisotopic (exact) mass is 263 g/mol. The minimum Gasteiger partial charge on any atom is -0.409 e. The summed E-state index contributed by atoms with van der Waals surface area (Å²) in [7, 11) is 1.98. The number of rotatable bonds is 4. The van der Waals surface area contributed by atoms with E-state index >= 15 is 0 Å². The molecule has 0 aromatic carbocycles. The van der Waals surface area contributed by atoms with Crippen molar-refractivity contribution < 1.29 is 5.21 Å². The summed E-state index contributed by atoms with van der Waals surface area (Å²) in [6, 6.07) is 0.377. The number of hydrogen-bond donors (Lipinski definition) is 2. The van der Waals surface area contributed by atoms with Crippen LogP contribution in [0.5, 0.6) is 0 Å². The van der Waals surface area contributed by atoms with Gasteiger partial charge in [-0.15, -0.1) is 5.10 Å². The molecule has 3 N–H and O–H groups in total. The molecule has 1 unspecified atom stereocenters. The first-order chi connectivity index (χ1) is 8.97. The van der Waals surface area contributed by atoms with Crippen LogP contribution in [0.15, 0.2) is 5.16 Å². The molecule has 1 saturated carbocycles. The molecule has 0 radical (unpaired) electrons. The Morgan fingerprint density at radius 3 is 2.58 bits per heavy atom. The summed E-state index contributed by atoms with van der Waals surface area (Å²) in [5.41, 5.74) is 8.16. The van der Waals surface area contributed by atoms with Crippen molar-refractivity contribution >= 4 is 11.7 Å². The first-order valence-electron chi connectivity index (χ1n) is 6.52. The molecule has 1 aromatic rings. The molecular weight excluding hydrogens is 242 g/mol. The molecule has 1 fully saturated rings. The van der Waals surface area contributed by atoms with E-state index in [1.165, 1.54) is 12.8 Å². The minimum absolute atomic E-state index is 0.0837. The molecule has 0 aliphatic heterocycles. The largest absolute Gasteiger partial charge is 0.409 e. The van der Waals surface area contributed by atoms with Gasteiger partial charge in [-0.2, -0.15) is 5.10 Å². The Kier molecular flexibility index (Phi) is 3.59. The summed E-state index contributed by atoms with van der Waals surface area (Å²) in [6.07, 6.45) is 2.51. The number of amidine groups is 1. The number of anilines is 1. The molecule has 0 bridgehead atoms. The summed E-state index contributed by atoms with van der Waals surface area (Å²) in [4.78, 5) is 2.07. The molecule has 1 atom stereocenters. The Bertz CT molecular complexity index is 510. The van der Waals surface area contributed by atoms with E-state index in [-0.39, 0.29) is 5.84 Å². The topological polar surface area (TPSA) is 87.6 Å². The van der Waals surface area contributed by atoms with Crippen molar-refractivity contribution in [2.75, 3.05) is 11.9 Å². The molecular formula is C13H21N5O. The summed E-state index contributed by atoms with van der Waals surface area (Å²) in [5.74, 6) is 1.46.